The van der Waals surface area contributed by atoms with Gasteiger partial charge >= 0.3 is 0 Å². The molecule has 0 atom stereocenters. The van der Waals surface area contributed by atoms with Gasteiger partial charge in [-0.3, -0.25) is 9.67 Å². The highest BCUT2D eigenvalue weighted by Crippen LogP contribution is 2.24. The molecule has 0 unspecified atom stereocenters. The Morgan fingerprint density at radius 3 is 2.60 bits per heavy atom. The molecule has 0 radical (unpaired) electrons. The summed E-state index contributed by atoms with van der Waals surface area (Å²) in [6.07, 6.45) is 2.58. The van der Waals surface area contributed by atoms with E-state index in [2.05, 4.69) is 20.7 Å². The van der Waals surface area contributed by atoms with Gasteiger partial charge in [0.15, 0.2) is 5.96 Å². The number of benzene rings is 1. The van der Waals surface area contributed by atoms with Gasteiger partial charge in [-0.1, -0.05) is 0 Å². The average Bonchev–Trinajstić information content (AvgIpc) is 3.02. The number of halogens is 1. The zero-order valence-corrected chi connectivity index (χ0v) is 17.4. The van der Waals surface area contributed by atoms with E-state index in [-0.39, 0.29) is 24.0 Å². The van der Waals surface area contributed by atoms with E-state index in [4.69, 9.17) is 9.47 Å². The van der Waals surface area contributed by atoms with Crippen LogP contribution in [0.3, 0.4) is 0 Å². The van der Waals surface area contributed by atoms with Gasteiger partial charge in [0.1, 0.15) is 11.5 Å². The standard InChI is InChI=1S/C17H25N5O2.HI/c1-18-17(20-12-14-8-10-21-22(14)2)19-9-7-13-11-15(23-3)5-6-16(13)24-4;/h5-6,8,10-11H,7,9,12H2,1-4H3,(H2,18,19,20);1H. The van der Waals surface area contributed by atoms with E-state index >= 15 is 0 Å². The molecule has 1 aromatic heterocycles. The second kappa shape index (κ2) is 10.8. The highest BCUT2D eigenvalue weighted by atomic mass is 127. The fourth-order valence-electron chi connectivity index (χ4n) is 2.36. The molecule has 1 aromatic carbocycles. The third-order valence-corrected chi connectivity index (χ3v) is 3.76. The summed E-state index contributed by atoms with van der Waals surface area (Å²) in [4.78, 5) is 4.23. The molecule has 2 rings (SSSR count). The third kappa shape index (κ3) is 6.11. The maximum Gasteiger partial charge on any atom is 0.191 e. The predicted molar refractivity (Wildman–Crippen MR) is 110 cm³/mol. The monoisotopic (exact) mass is 459 g/mol. The Hall–Kier alpha value is -1.97. The summed E-state index contributed by atoms with van der Waals surface area (Å²) in [5.74, 6) is 2.43. The van der Waals surface area contributed by atoms with Crippen molar-refractivity contribution in [2.45, 2.75) is 13.0 Å². The Morgan fingerprint density at radius 1 is 1.20 bits per heavy atom. The number of hydrogen-bond donors (Lipinski definition) is 2. The average molecular weight is 459 g/mol. The van der Waals surface area contributed by atoms with E-state index in [0.717, 1.165) is 41.7 Å². The van der Waals surface area contributed by atoms with Crippen molar-refractivity contribution in [3.8, 4) is 11.5 Å². The van der Waals surface area contributed by atoms with Crippen LogP contribution in [0.4, 0.5) is 0 Å². The second-order valence-corrected chi connectivity index (χ2v) is 5.23. The minimum Gasteiger partial charge on any atom is -0.497 e. The fourth-order valence-corrected chi connectivity index (χ4v) is 2.36. The minimum absolute atomic E-state index is 0. The number of aromatic nitrogens is 2. The zero-order valence-electron chi connectivity index (χ0n) is 15.1. The zero-order chi connectivity index (χ0) is 17.4. The lowest BCUT2D eigenvalue weighted by Crippen LogP contribution is -2.38. The molecule has 2 N–H and O–H groups in total. The SMILES string of the molecule is CN=C(NCCc1cc(OC)ccc1OC)NCc1ccnn1C.I. The molecular formula is C17H26IN5O2. The number of hydrogen-bond acceptors (Lipinski definition) is 4. The first-order chi connectivity index (χ1) is 11.7. The maximum absolute atomic E-state index is 5.40. The van der Waals surface area contributed by atoms with Gasteiger partial charge in [0.2, 0.25) is 0 Å². The molecule has 1 heterocycles. The van der Waals surface area contributed by atoms with E-state index in [0.29, 0.717) is 6.54 Å². The van der Waals surface area contributed by atoms with E-state index in [1.807, 2.05) is 36.0 Å². The third-order valence-electron chi connectivity index (χ3n) is 3.76. The first-order valence-corrected chi connectivity index (χ1v) is 7.80. The van der Waals surface area contributed by atoms with Crippen molar-refractivity contribution in [2.75, 3.05) is 27.8 Å². The summed E-state index contributed by atoms with van der Waals surface area (Å²) < 4.78 is 12.5. The Labute approximate surface area is 165 Å². The van der Waals surface area contributed by atoms with Gasteiger partial charge in [0.25, 0.3) is 0 Å². The van der Waals surface area contributed by atoms with Crippen LogP contribution < -0.4 is 20.1 Å². The van der Waals surface area contributed by atoms with Crippen LogP contribution in [0.25, 0.3) is 0 Å². The van der Waals surface area contributed by atoms with Crippen molar-refractivity contribution < 1.29 is 9.47 Å². The highest BCUT2D eigenvalue weighted by Gasteiger charge is 2.06. The summed E-state index contributed by atoms with van der Waals surface area (Å²) in [5.41, 5.74) is 2.18. The van der Waals surface area contributed by atoms with Crippen LogP contribution in [-0.2, 0) is 20.0 Å². The quantitative estimate of drug-likeness (QED) is 0.377. The lowest BCUT2D eigenvalue weighted by Gasteiger charge is -2.14. The largest absolute Gasteiger partial charge is 0.497 e. The topological polar surface area (TPSA) is 72.7 Å². The van der Waals surface area contributed by atoms with Gasteiger partial charge < -0.3 is 20.1 Å². The predicted octanol–water partition coefficient (Wildman–Crippen LogP) is 1.96. The van der Waals surface area contributed by atoms with Crippen molar-refractivity contribution >= 4 is 29.9 Å². The van der Waals surface area contributed by atoms with E-state index in [9.17, 15) is 0 Å². The Kier molecular flexibility index (Phi) is 9.11. The number of guanidine groups is 1. The number of ether oxygens (including phenoxy) is 2. The number of nitrogens with zero attached hydrogens (tertiary/aromatic N) is 3. The Bertz CT molecular complexity index is 687. The number of nitrogens with one attached hydrogen (secondary N) is 2. The van der Waals surface area contributed by atoms with Crippen LogP contribution >= 0.6 is 24.0 Å². The van der Waals surface area contributed by atoms with E-state index in [1.165, 1.54) is 0 Å². The molecule has 0 saturated carbocycles. The van der Waals surface area contributed by atoms with Gasteiger partial charge in [0, 0.05) is 26.8 Å². The molecule has 2 aromatic rings. The van der Waals surface area contributed by atoms with Crippen molar-refractivity contribution in [3.05, 3.63) is 41.7 Å². The fraction of sp³-hybridized carbons (Fsp3) is 0.412. The van der Waals surface area contributed by atoms with E-state index < -0.39 is 0 Å². The normalized spacial score (nSPS) is 10.8. The molecule has 7 nitrogen and oxygen atoms in total. The summed E-state index contributed by atoms with van der Waals surface area (Å²) in [6, 6.07) is 7.78. The number of rotatable bonds is 7. The Morgan fingerprint density at radius 2 is 2.00 bits per heavy atom. The Balaban J connectivity index is 0.00000312. The molecule has 0 spiro atoms. The molecule has 0 aliphatic carbocycles. The van der Waals surface area contributed by atoms with Crippen molar-refractivity contribution in [1.29, 1.82) is 0 Å². The smallest absolute Gasteiger partial charge is 0.191 e. The van der Waals surface area contributed by atoms with Crippen LogP contribution in [-0.4, -0.2) is 43.6 Å². The lowest BCUT2D eigenvalue weighted by molar-refractivity contribution is 0.398. The minimum atomic E-state index is 0. The van der Waals surface area contributed by atoms with Crippen LogP contribution in [0, 0.1) is 0 Å². The van der Waals surface area contributed by atoms with Crippen LogP contribution in [0.1, 0.15) is 11.3 Å². The number of aliphatic imine (C=N–C) groups is 1. The molecule has 0 saturated heterocycles. The van der Waals surface area contributed by atoms with Crippen LogP contribution in [0.2, 0.25) is 0 Å². The molecule has 8 heteroatoms. The lowest BCUT2D eigenvalue weighted by atomic mass is 10.1. The van der Waals surface area contributed by atoms with Gasteiger partial charge in [0.05, 0.1) is 26.5 Å². The van der Waals surface area contributed by atoms with E-state index in [1.54, 1.807) is 27.5 Å². The number of aryl methyl sites for hydroxylation is 1. The molecule has 138 valence electrons. The van der Waals surface area contributed by atoms with Gasteiger partial charge in [-0.25, -0.2) is 0 Å². The molecule has 0 amide bonds. The summed E-state index contributed by atoms with van der Waals surface area (Å²) in [5, 5.41) is 10.7. The first-order valence-electron chi connectivity index (χ1n) is 7.80. The molecule has 0 bridgehead atoms. The second-order valence-electron chi connectivity index (χ2n) is 5.23. The van der Waals surface area contributed by atoms with Gasteiger partial charge in [-0.15, -0.1) is 24.0 Å². The van der Waals surface area contributed by atoms with Gasteiger partial charge in [-0.05, 0) is 36.2 Å². The summed E-state index contributed by atoms with van der Waals surface area (Å²) in [6.45, 7) is 1.40. The van der Waals surface area contributed by atoms with Crippen LogP contribution in [0.15, 0.2) is 35.5 Å². The molecule has 0 aliphatic heterocycles. The summed E-state index contributed by atoms with van der Waals surface area (Å²) in [7, 11) is 7.01. The maximum atomic E-state index is 5.40. The molecule has 0 aliphatic rings. The highest BCUT2D eigenvalue weighted by molar-refractivity contribution is 14.0. The van der Waals surface area contributed by atoms with Crippen molar-refractivity contribution in [2.24, 2.45) is 12.0 Å². The van der Waals surface area contributed by atoms with Gasteiger partial charge in [-0.2, -0.15) is 5.10 Å². The van der Waals surface area contributed by atoms with Crippen molar-refractivity contribution in [3.63, 3.8) is 0 Å². The van der Waals surface area contributed by atoms with Crippen LogP contribution in [0.5, 0.6) is 11.5 Å². The molecule has 0 fully saturated rings. The summed E-state index contributed by atoms with van der Waals surface area (Å²) >= 11 is 0. The first kappa shape index (κ1) is 21.1. The number of methoxy groups -OCH3 is 2. The molecular weight excluding hydrogens is 433 g/mol. The molecule has 25 heavy (non-hydrogen) atoms. The van der Waals surface area contributed by atoms with Crippen molar-refractivity contribution in [1.82, 2.24) is 20.4 Å².